The van der Waals surface area contributed by atoms with E-state index in [0.29, 0.717) is 11.3 Å². The maximum Gasteiger partial charge on any atom is 0.346 e. The van der Waals surface area contributed by atoms with E-state index >= 15 is 0 Å². The van der Waals surface area contributed by atoms with Gasteiger partial charge in [-0.05, 0) is 26.0 Å². The molecule has 0 amide bonds. The summed E-state index contributed by atoms with van der Waals surface area (Å²) in [5.74, 6) is -0.0185. The van der Waals surface area contributed by atoms with Crippen LogP contribution in [0, 0.1) is 0 Å². The standard InChI is InChI=1S/C12H14O4/c1-8(13)10-5-4-6-11(7-10)16-9(2)12(14)15-3/h4-7,9H,1-3H3/t9-/m0/s1. The van der Waals surface area contributed by atoms with Gasteiger partial charge in [0.15, 0.2) is 11.9 Å². The Balaban J connectivity index is 2.78. The SMILES string of the molecule is COC(=O)[C@H](C)Oc1cccc(C(C)=O)c1. The Labute approximate surface area is 94.2 Å². The molecule has 1 aromatic rings. The molecular weight excluding hydrogens is 208 g/mol. The molecule has 0 aliphatic rings. The van der Waals surface area contributed by atoms with Crippen LogP contribution in [0.5, 0.6) is 5.75 Å². The first-order chi connectivity index (χ1) is 7.54. The number of ether oxygens (including phenoxy) is 2. The van der Waals surface area contributed by atoms with E-state index < -0.39 is 12.1 Å². The van der Waals surface area contributed by atoms with Gasteiger partial charge in [0.05, 0.1) is 7.11 Å². The number of Topliss-reactive ketones (excluding diaryl/α,β-unsaturated/α-hetero) is 1. The van der Waals surface area contributed by atoms with Crippen LogP contribution < -0.4 is 4.74 Å². The molecule has 0 aliphatic carbocycles. The number of carbonyl (C=O) groups excluding carboxylic acids is 2. The van der Waals surface area contributed by atoms with E-state index in [1.807, 2.05) is 0 Å². The van der Waals surface area contributed by atoms with Gasteiger partial charge in [0.25, 0.3) is 0 Å². The molecule has 1 atom stereocenters. The van der Waals surface area contributed by atoms with E-state index in [1.54, 1.807) is 31.2 Å². The second kappa shape index (κ2) is 5.30. The van der Waals surface area contributed by atoms with E-state index in [0.717, 1.165) is 0 Å². The molecule has 0 saturated heterocycles. The molecule has 0 radical (unpaired) electrons. The van der Waals surface area contributed by atoms with Gasteiger partial charge in [-0.2, -0.15) is 0 Å². The normalized spacial score (nSPS) is 11.7. The number of ketones is 1. The lowest BCUT2D eigenvalue weighted by Crippen LogP contribution is -2.24. The van der Waals surface area contributed by atoms with E-state index in [9.17, 15) is 9.59 Å². The van der Waals surface area contributed by atoms with Crippen LogP contribution in [0.25, 0.3) is 0 Å². The Kier molecular flexibility index (Phi) is 4.05. The number of hydrogen-bond donors (Lipinski definition) is 0. The van der Waals surface area contributed by atoms with Gasteiger partial charge in [0, 0.05) is 5.56 Å². The summed E-state index contributed by atoms with van der Waals surface area (Å²) in [7, 11) is 1.30. The summed E-state index contributed by atoms with van der Waals surface area (Å²) in [6.45, 7) is 3.06. The minimum absolute atomic E-state index is 0.0452. The van der Waals surface area contributed by atoms with E-state index in [-0.39, 0.29) is 5.78 Å². The average Bonchev–Trinajstić information content (AvgIpc) is 2.28. The van der Waals surface area contributed by atoms with Gasteiger partial charge in [-0.1, -0.05) is 12.1 Å². The predicted octanol–water partition coefficient (Wildman–Crippen LogP) is 1.83. The Bertz CT molecular complexity index is 398. The Morgan fingerprint density at radius 2 is 2.00 bits per heavy atom. The zero-order valence-corrected chi connectivity index (χ0v) is 9.52. The highest BCUT2D eigenvalue weighted by molar-refractivity contribution is 5.94. The van der Waals surface area contributed by atoms with Crippen LogP contribution in [0.15, 0.2) is 24.3 Å². The molecule has 0 spiro atoms. The highest BCUT2D eigenvalue weighted by atomic mass is 16.6. The number of esters is 1. The molecule has 4 heteroatoms. The maximum atomic E-state index is 11.1. The van der Waals surface area contributed by atoms with E-state index in [4.69, 9.17) is 4.74 Å². The zero-order valence-electron chi connectivity index (χ0n) is 9.52. The molecule has 86 valence electrons. The number of methoxy groups -OCH3 is 1. The molecule has 4 nitrogen and oxygen atoms in total. The zero-order chi connectivity index (χ0) is 12.1. The Hall–Kier alpha value is -1.84. The van der Waals surface area contributed by atoms with E-state index in [1.165, 1.54) is 14.0 Å². The van der Waals surface area contributed by atoms with Crippen molar-refractivity contribution in [1.29, 1.82) is 0 Å². The smallest absolute Gasteiger partial charge is 0.346 e. The van der Waals surface area contributed by atoms with Gasteiger partial charge in [-0.25, -0.2) is 4.79 Å². The summed E-state index contributed by atoms with van der Waals surface area (Å²) >= 11 is 0. The van der Waals surface area contributed by atoms with Gasteiger partial charge in [-0.15, -0.1) is 0 Å². The molecule has 0 bridgehead atoms. The lowest BCUT2D eigenvalue weighted by Gasteiger charge is -2.12. The molecule has 0 aromatic heterocycles. The molecular formula is C12H14O4. The topological polar surface area (TPSA) is 52.6 Å². The fraction of sp³-hybridized carbons (Fsp3) is 0.333. The van der Waals surface area contributed by atoms with Gasteiger partial charge in [0.2, 0.25) is 0 Å². The van der Waals surface area contributed by atoms with Gasteiger partial charge < -0.3 is 9.47 Å². The van der Waals surface area contributed by atoms with Crippen LogP contribution in [-0.2, 0) is 9.53 Å². The minimum Gasteiger partial charge on any atom is -0.479 e. The number of rotatable bonds is 4. The van der Waals surface area contributed by atoms with Crippen molar-refractivity contribution >= 4 is 11.8 Å². The second-order valence-electron chi connectivity index (χ2n) is 3.37. The van der Waals surface area contributed by atoms with Gasteiger partial charge in [0.1, 0.15) is 5.75 Å². The van der Waals surface area contributed by atoms with Crippen LogP contribution in [0.2, 0.25) is 0 Å². The molecule has 16 heavy (non-hydrogen) atoms. The quantitative estimate of drug-likeness (QED) is 0.576. The summed E-state index contributed by atoms with van der Waals surface area (Å²) in [4.78, 5) is 22.2. The third-order valence-electron chi connectivity index (χ3n) is 2.09. The summed E-state index contributed by atoms with van der Waals surface area (Å²) in [5, 5.41) is 0. The van der Waals surface area contributed by atoms with E-state index in [2.05, 4.69) is 4.74 Å². The molecule has 0 aliphatic heterocycles. The van der Waals surface area contributed by atoms with Crippen LogP contribution in [0.1, 0.15) is 24.2 Å². The Morgan fingerprint density at radius 1 is 1.31 bits per heavy atom. The monoisotopic (exact) mass is 222 g/mol. The maximum absolute atomic E-state index is 11.1. The minimum atomic E-state index is -0.688. The van der Waals surface area contributed by atoms with Crippen molar-refractivity contribution in [2.75, 3.05) is 7.11 Å². The van der Waals surface area contributed by atoms with Crippen LogP contribution >= 0.6 is 0 Å². The first-order valence-electron chi connectivity index (χ1n) is 4.90. The molecule has 0 N–H and O–H groups in total. The van der Waals surface area contributed by atoms with Crippen molar-refractivity contribution in [2.45, 2.75) is 20.0 Å². The summed E-state index contributed by atoms with van der Waals surface area (Å²) in [5.41, 5.74) is 0.551. The van der Waals surface area contributed by atoms with Crippen molar-refractivity contribution in [1.82, 2.24) is 0 Å². The first kappa shape index (κ1) is 12.2. The van der Waals surface area contributed by atoms with Crippen molar-refractivity contribution in [3.63, 3.8) is 0 Å². The third kappa shape index (κ3) is 3.08. The Morgan fingerprint density at radius 3 is 2.56 bits per heavy atom. The van der Waals surface area contributed by atoms with Crippen LogP contribution in [0.4, 0.5) is 0 Å². The average molecular weight is 222 g/mol. The molecule has 0 fully saturated rings. The van der Waals surface area contributed by atoms with Gasteiger partial charge in [-0.3, -0.25) is 4.79 Å². The highest BCUT2D eigenvalue weighted by Crippen LogP contribution is 2.15. The predicted molar refractivity (Wildman–Crippen MR) is 58.6 cm³/mol. The number of carbonyl (C=O) groups is 2. The summed E-state index contributed by atoms with van der Waals surface area (Å²) in [6.07, 6.45) is -0.688. The van der Waals surface area contributed by atoms with Crippen molar-refractivity contribution in [3.8, 4) is 5.75 Å². The second-order valence-corrected chi connectivity index (χ2v) is 3.37. The molecule has 1 aromatic carbocycles. The fourth-order valence-corrected chi connectivity index (χ4v) is 1.21. The summed E-state index contributed by atoms with van der Waals surface area (Å²) in [6, 6.07) is 6.68. The van der Waals surface area contributed by atoms with Crippen molar-refractivity contribution in [2.24, 2.45) is 0 Å². The third-order valence-corrected chi connectivity index (χ3v) is 2.09. The van der Waals surface area contributed by atoms with Crippen molar-refractivity contribution < 1.29 is 19.1 Å². The van der Waals surface area contributed by atoms with Crippen molar-refractivity contribution in [3.05, 3.63) is 29.8 Å². The number of benzene rings is 1. The van der Waals surface area contributed by atoms with Crippen LogP contribution in [-0.4, -0.2) is 25.0 Å². The van der Waals surface area contributed by atoms with Gasteiger partial charge >= 0.3 is 5.97 Å². The first-order valence-corrected chi connectivity index (χ1v) is 4.90. The number of hydrogen-bond acceptors (Lipinski definition) is 4. The molecule has 0 saturated carbocycles. The highest BCUT2D eigenvalue weighted by Gasteiger charge is 2.14. The fourth-order valence-electron chi connectivity index (χ4n) is 1.21. The molecule has 0 heterocycles. The molecule has 1 rings (SSSR count). The van der Waals surface area contributed by atoms with Crippen LogP contribution in [0.3, 0.4) is 0 Å². The lowest BCUT2D eigenvalue weighted by atomic mass is 10.1. The lowest BCUT2D eigenvalue weighted by molar-refractivity contribution is -0.147. The summed E-state index contributed by atoms with van der Waals surface area (Å²) < 4.78 is 9.86. The largest absolute Gasteiger partial charge is 0.479 e. The molecule has 0 unspecified atom stereocenters.